The lowest BCUT2D eigenvalue weighted by Gasteiger charge is -2.37. The van der Waals surface area contributed by atoms with E-state index in [0.29, 0.717) is 17.9 Å². The smallest absolute Gasteiger partial charge is 0.191 e. The lowest BCUT2D eigenvalue weighted by molar-refractivity contribution is 0.00752. The largest absolute Gasteiger partial charge is 0.379 e. The van der Waals surface area contributed by atoms with Crippen molar-refractivity contribution in [2.45, 2.75) is 33.2 Å². The van der Waals surface area contributed by atoms with Gasteiger partial charge in [0.1, 0.15) is 0 Å². The van der Waals surface area contributed by atoms with Crippen LogP contribution in [-0.4, -0.2) is 63.3 Å². The summed E-state index contributed by atoms with van der Waals surface area (Å²) >= 11 is 1.84. The van der Waals surface area contributed by atoms with E-state index in [-0.39, 0.29) is 24.0 Å². The third-order valence-electron chi connectivity index (χ3n) is 4.73. The van der Waals surface area contributed by atoms with Crippen LogP contribution in [-0.2, 0) is 11.2 Å². The molecule has 1 fully saturated rings. The van der Waals surface area contributed by atoms with Gasteiger partial charge in [-0.05, 0) is 29.7 Å². The molecule has 0 radical (unpaired) electrons. The highest BCUT2D eigenvalue weighted by atomic mass is 127. The van der Waals surface area contributed by atoms with Gasteiger partial charge in [-0.1, -0.05) is 26.8 Å². The van der Waals surface area contributed by atoms with Crippen molar-refractivity contribution in [1.82, 2.24) is 15.5 Å². The molecule has 2 rings (SSSR count). The molecular formula is C19H35IN4OS. The third kappa shape index (κ3) is 8.10. The molecule has 2 unspecified atom stereocenters. The first-order valence-electron chi connectivity index (χ1n) is 9.38. The predicted molar refractivity (Wildman–Crippen MR) is 123 cm³/mol. The van der Waals surface area contributed by atoms with Gasteiger partial charge in [0.2, 0.25) is 0 Å². The van der Waals surface area contributed by atoms with E-state index < -0.39 is 0 Å². The summed E-state index contributed by atoms with van der Waals surface area (Å²) < 4.78 is 5.49. The van der Waals surface area contributed by atoms with Crippen molar-refractivity contribution < 1.29 is 4.74 Å². The Morgan fingerprint density at radius 2 is 1.92 bits per heavy atom. The van der Waals surface area contributed by atoms with E-state index in [9.17, 15) is 0 Å². The first-order valence-corrected chi connectivity index (χ1v) is 10.3. The summed E-state index contributed by atoms with van der Waals surface area (Å²) in [6.45, 7) is 12.4. The number of nitrogens with one attached hydrogen (secondary N) is 2. The maximum Gasteiger partial charge on any atom is 0.191 e. The highest BCUT2D eigenvalue weighted by Crippen LogP contribution is 2.14. The monoisotopic (exact) mass is 494 g/mol. The van der Waals surface area contributed by atoms with E-state index in [1.807, 2.05) is 18.4 Å². The van der Waals surface area contributed by atoms with Crippen molar-refractivity contribution in [3.63, 3.8) is 0 Å². The Morgan fingerprint density at radius 1 is 1.23 bits per heavy atom. The second-order valence-corrected chi connectivity index (χ2v) is 8.21. The first-order chi connectivity index (χ1) is 12.1. The summed E-state index contributed by atoms with van der Waals surface area (Å²) in [5, 5.41) is 9.15. The third-order valence-corrected chi connectivity index (χ3v) is 5.63. The zero-order valence-electron chi connectivity index (χ0n) is 16.5. The maximum absolute atomic E-state index is 5.49. The zero-order chi connectivity index (χ0) is 18.1. The fourth-order valence-electron chi connectivity index (χ4n) is 3.23. The summed E-state index contributed by atoms with van der Waals surface area (Å²) in [5.41, 5.74) is 0. The first kappa shape index (κ1) is 23.7. The molecule has 150 valence electrons. The molecule has 0 amide bonds. The second kappa shape index (κ2) is 12.9. The van der Waals surface area contributed by atoms with Crippen molar-refractivity contribution in [2.75, 3.05) is 46.4 Å². The lowest BCUT2D eigenvalue weighted by Crippen LogP contribution is -2.52. The highest BCUT2D eigenvalue weighted by molar-refractivity contribution is 14.0. The fourth-order valence-corrected chi connectivity index (χ4v) is 4.10. The lowest BCUT2D eigenvalue weighted by atomic mass is 10.0. The Balaban J connectivity index is 0.00000338. The van der Waals surface area contributed by atoms with Crippen molar-refractivity contribution in [3.05, 3.63) is 22.4 Å². The van der Waals surface area contributed by atoms with Gasteiger partial charge < -0.3 is 15.4 Å². The molecule has 0 aliphatic carbocycles. The average Bonchev–Trinajstić information content (AvgIpc) is 3.11. The SMILES string of the molecule is CN=C(NCC(C)Cc1cccs1)NCC(C(C)C)N1CCOCC1.I. The van der Waals surface area contributed by atoms with E-state index in [4.69, 9.17) is 4.74 Å². The number of halogens is 1. The molecule has 0 saturated carbocycles. The van der Waals surface area contributed by atoms with Crippen LogP contribution in [0.3, 0.4) is 0 Å². The molecule has 26 heavy (non-hydrogen) atoms. The molecule has 7 heteroatoms. The summed E-state index contributed by atoms with van der Waals surface area (Å²) in [6, 6.07) is 4.84. The van der Waals surface area contributed by atoms with Crippen LogP contribution in [0.1, 0.15) is 25.6 Å². The average molecular weight is 494 g/mol. The van der Waals surface area contributed by atoms with Crippen LogP contribution in [0, 0.1) is 11.8 Å². The second-order valence-electron chi connectivity index (χ2n) is 7.18. The molecule has 2 heterocycles. The number of hydrogen-bond donors (Lipinski definition) is 2. The summed E-state index contributed by atoms with van der Waals surface area (Å²) in [7, 11) is 1.85. The van der Waals surface area contributed by atoms with Gasteiger partial charge in [-0.25, -0.2) is 0 Å². The van der Waals surface area contributed by atoms with Gasteiger partial charge in [-0.2, -0.15) is 0 Å². The number of nitrogens with zero attached hydrogens (tertiary/aromatic N) is 2. The Morgan fingerprint density at radius 3 is 2.50 bits per heavy atom. The molecule has 0 aromatic carbocycles. The van der Waals surface area contributed by atoms with Crippen molar-refractivity contribution in [3.8, 4) is 0 Å². The zero-order valence-corrected chi connectivity index (χ0v) is 19.7. The summed E-state index contributed by atoms with van der Waals surface area (Å²) in [5.74, 6) is 2.08. The number of aliphatic imine (C=N–C) groups is 1. The molecule has 1 aliphatic rings. The van der Waals surface area contributed by atoms with Gasteiger partial charge in [-0.15, -0.1) is 35.3 Å². The van der Waals surface area contributed by atoms with E-state index >= 15 is 0 Å². The maximum atomic E-state index is 5.49. The van der Waals surface area contributed by atoms with Gasteiger partial charge in [0.25, 0.3) is 0 Å². The topological polar surface area (TPSA) is 48.9 Å². The quantitative estimate of drug-likeness (QED) is 0.332. The predicted octanol–water partition coefficient (Wildman–Crippen LogP) is 3.07. The number of guanidine groups is 1. The Bertz CT molecular complexity index is 504. The van der Waals surface area contributed by atoms with E-state index in [0.717, 1.165) is 51.8 Å². The van der Waals surface area contributed by atoms with E-state index in [2.05, 4.69) is 58.8 Å². The van der Waals surface area contributed by atoms with Crippen LogP contribution in [0.15, 0.2) is 22.5 Å². The molecule has 0 spiro atoms. The summed E-state index contributed by atoms with van der Waals surface area (Å²) in [4.78, 5) is 8.37. The van der Waals surface area contributed by atoms with Gasteiger partial charge >= 0.3 is 0 Å². The minimum atomic E-state index is 0. The van der Waals surface area contributed by atoms with Crippen LogP contribution in [0.25, 0.3) is 0 Å². The van der Waals surface area contributed by atoms with Gasteiger partial charge in [0.15, 0.2) is 5.96 Å². The number of ether oxygens (including phenoxy) is 1. The van der Waals surface area contributed by atoms with E-state index in [1.165, 1.54) is 4.88 Å². The number of morpholine rings is 1. The molecule has 2 N–H and O–H groups in total. The van der Waals surface area contributed by atoms with Crippen molar-refractivity contribution in [1.29, 1.82) is 0 Å². The fraction of sp³-hybridized carbons (Fsp3) is 0.737. The minimum absolute atomic E-state index is 0. The number of thiophene rings is 1. The Hall–Kier alpha value is -0.380. The van der Waals surface area contributed by atoms with Gasteiger partial charge in [0, 0.05) is 44.1 Å². The van der Waals surface area contributed by atoms with Crippen LogP contribution in [0.4, 0.5) is 0 Å². The molecule has 2 atom stereocenters. The normalized spacial score (nSPS) is 18.3. The highest BCUT2D eigenvalue weighted by Gasteiger charge is 2.23. The Labute approximate surface area is 180 Å². The minimum Gasteiger partial charge on any atom is -0.379 e. The van der Waals surface area contributed by atoms with Crippen LogP contribution < -0.4 is 10.6 Å². The molecule has 5 nitrogen and oxygen atoms in total. The van der Waals surface area contributed by atoms with Gasteiger partial charge in [0.05, 0.1) is 13.2 Å². The van der Waals surface area contributed by atoms with Crippen LogP contribution >= 0.6 is 35.3 Å². The Kier molecular flexibility index (Phi) is 11.7. The van der Waals surface area contributed by atoms with Gasteiger partial charge in [-0.3, -0.25) is 9.89 Å². The molecule has 1 saturated heterocycles. The van der Waals surface area contributed by atoms with Crippen molar-refractivity contribution >= 4 is 41.3 Å². The molecule has 1 aromatic rings. The van der Waals surface area contributed by atoms with Crippen LogP contribution in [0.5, 0.6) is 0 Å². The molecule has 1 aromatic heterocycles. The van der Waals surface area contributed by atoms with E-state index in [1.54, 1.807) is 0 Å². The van der Waals surface area contributed by atoms with Crippen molar-refractivity contribution in [2.24, 2.45) is 16.8 Å². The summed E-state index contributed by atoms with van der Waals surface area (Å²) in [6.07, 6.45) is 1.12. The standard InChI is InChI=1S/C19H34N4OS.HI/c1-15(2)18(23-7-9-24-10-8-23)14-22-19(20-4)21-13-16(3)12-17-6-5-11-25-17;/h5-6,11,15-16,18H,7-10,12-14H2,1-4H3,(H2,20,21,22);1H. The molecule has 1 aliphatic heterocycles. The van der Waals surface area contributed by atoms with Crippen LogP contribution in [0.2, 0.25) is 0 Å². The molecular weight excluding hydrogens is 459 g/mol. The number of rotatable bonds is 8. The molecule has 0 bridgehead atoms. The number of hydrogen-bond acceptors (Lipinski definition) is 4.